The van der Waals surface area contributed by atoms with Crippen LogP contribution in [0.4, 0.5) is 4.79 Å². The number of ether oxygens (including phenoxy) is 1. The number of hydrogen-bond donors (Lipinski definition) is 1. The van der Waals surface area contributed by atoms with Crippen molar-refractivity contribution in [3.8, 4) is 0 Å². The molecule has 0 aliphatic carbocycles. The highest BCUT2D eigenvalue weighted by atomic mass is 16.5. The van der Waals surface area contributed by atoms with E-state index >= 15 is 0 Å². The minimum atomic E-state index is -0.492. The molecule has 0 radical (unpaired) electrons. The van der Waals surface area contributed by atoms with Crippen LogP contribution in [0.3, 0.4) is 0 Å². The first kappa shape index (κ1) is 20.4. The van der Waals surface area contributed by atoms with Gasteiger partial charge in [-0.2, -0.15) is 0 Å². The van der Waals surface area contributed by atoms with Crippen molar-refractivity contribution in [1.29, 1.82) is 0 Å². The topological polar surface area (TPSA) is 61.9 Å². The van der Waals surface area contributed by atoms with Gasteiger partial charge in [-0.05, 0) is 52.3 Å². The smallest absolute Gasteiger partial charge is 0.338 e. The number of hydrogen-bond acceptors (Lipinski definition) is 4. The molecule has 0 saturated carbocycles. The number of likely N-dealkylation sites (N-methyl/N-ethyl adjacent to an activating group) is 1. The lowest BCUT2D eigenvalue weighted by Gasteiger charge is -2.39. The van der Waals surface area contributed by atoms with Crippen LogP contribution in [0.1, 0.15) is 50.3 Å². The van der Waals surface area contributed by atoms with E-state index in [1.807, 2.05) is 45.0 Å². The van der Waals surface area contributed by atoms with Gasteiger partial charge in [-0.3, -0.25) is 9.80 Å². The second-order valence-electron chi connectivity index (χ2n) is 7.46. The Kier molecular flexibility index (Phi) is 6.73. The van der Waals surface area contributed by atoms with Crippen molar-refractivity contribution in [3.63, 3.8) is 0 Å². The average Bonchev–Trinajstić information content (AvgIpc) is 2.68. The zero-order valence-electron chi connectivity index (χ0n) is 17.2. The molecule has 0 aromatic heterocycles. The maximum Gasteiger partial charge on any atom is 0.338 e. The molecule has 2 aliphatic heterocycles. The van der Waals surface area contributed by atoms with Crippen LogP contribution in [0.15, 0.2) is 35.5 Å². The Bertz CT molecular complexity index is 753. The second kappa shape index (κ2) is 9.24. The first-order valence-corrected chi connectivity index (χ1v) is 10.3. The lowest BCUT2D eigenvalue weighted by molar-refractivity contribution is -0.139. The third-order valence-corrected chi connectivity index (χ3v) is 5.45. The molecule has 28 heavy (non-hydrogen) atoms. The molecule has 2 amide bonds. The maximum atomic E-state index is 13.0. The average molecular weight is 386 g/mol. The molecule has 1 fully saturated rings. The van der Waals surface area contributed by atoms with Gasteiger partial charge in [0.2, 0.25) is 0 Å². The summed E-state index contributed by atoms with van der Waals surface area (Å²) in [7, 11) is 0. The standard InChI is InChI=1S/C22H31N3O3/c1-4-25-18(15-24-12-7-6-8-13-24)19(21(26)28-5-2)20(23-22(25)27)17-11-9-10-16(3)14-17/h9-11,14,20H,4-8,12-13,15H2,1-3H3,(H,23,27)/t20-/m0/s1. The number of carbonyl (C=O) groups excluding carboxylic acids is 2. The molecule has 0 unspecified atom stereocenters. The normalized spacial score (nSPS) is 20.9. The molecular formula is C22H31N3O3. The van der Waals surface area contributed by atoms with Crippen LogP contribution in [0, 0.1) is 6.92 Å². The Balaban J connectivity index is 2.08. The number of likely N-dealkylation sites (tertiary alicyclic amines) is 1. The summed E-state index contributed by atoms with van der Waals surface area (Å²) in [6.45, 7) is 9.15. The zero-order valence-corrected chi connectivity index (χ0v) is 17.2. The van der Waals surface area contributed by atoms with E-state index in [9.17, 15) is 9.59 Å². The van der Waals surface area contributed by atoms with E-state index in [1.165, 1.54) is 6.42 Å². The monoisotopic (exact) mass is 385 g/mol. The van der Waals surface area contributed by atoms with Crippen LogP contribution in [0.25, 0.3) is 0 Å². The van der Waals surface area contributed by atoms with Gasteiger partial charge in [-0.15, -0.1) is 0 Å². The van der Waals surface area contributed by atoms with Crippen LogP contribution in [0.5, 0.6) is 0 Å². The molecule has 1 atom stereocenters. The lowest BCUT2D eigenvalue weighted by atomic mass is 9.93. The third-order valence-electron chi connectivity index (χ3n) is 5.45. The van der Waals surface area contributed by atoms with Crippen LogP contribution in [-0.4, -0.2) is 54.6 Å². The highest BCUT2D eigenvalue weighted by molar-refractivity contribution is 5.95. The maximum absolute atomic E-state index is 13.0. The van der Waals surface area contributed by atoms with Gasteiger partial charge in [-0.1, -0.05) is 36.2 Å². The van der Waals surface area contributed by atoms with E-state index in [0.717, 1.165) is 42.8 Å². The van der Waals surface area contributed by atoms with Gasteiger partial charge in [0.05, 0.1) is 18.2 Å². The summed E-state index contributed by atoms with van der Waals surface area (Å²) in [5.74, 6) is -0.348. The lowest BCUT2D eigenvalue weighted by Crippen LogP contribution is -2.51. The molecule has 1 N–H and O–H groups in total. The van der Waals surface area contributed by atoms with Crippen molar-refractivity contribution >= 4 is 12.0 Å². The van der Waals surface area contributed by atoms with Gasteiger partial charge in [0, 0.05) is 18.8 Å². The number of rotatable bonds is 6. The molecule has 152 valence electrons. The van der Waals surface area contributed by atoms with Gasteiger partial charge < -0.3 is 10.1 Å². The molecule has 1 aromatic rings. The van der Waals surface area contributed by atoms with E-state index in [0.29, 0.717) is 25.3 Å². The van der Waals surface area contributed by atoms with Crippen molar-refractivity contribution in [1.82, 2.24) is 15.1 Å². The SMILES string of the molecule is CCOC(=O)C1=C(CN2CCCCC2)N(CC)C(=O)N[C@H]1c1cccc(C)c1. The molecule has 0 bridgehead atoms. The van der Waals surface area contributed by atoms with Gasteiger partial charge in [0.25, 0.3) is 0 Å². The Morgan fingerprint density at radius 3 is 2.61 bits per heavy atom. The van der Waals surface area contributed by atoms with Crippen molar-refractivity contribution in [3.05, 3.63) is 46.7 Å². The van der Waals surface area contributed by atoms with Crippen LogP contribution >= 0.6 is 0 Å². The van der Waals surface area contributed by atoms with Crippen molar-refractivity contribution in [2.45, 2.75) is 46.1 Å². The fraction of sp³-hybridized carbons (Fsp3) is 0.545. The van der Waals surface area contributed by atoms with Crippen LogP contribution in [0.2, 0.25) is 0 Å². The van der Waals surface area contributed by atoms with Crippen molar-refractivity contribution < 1.29 is 14.3 Å². The summed E-state index contributed by atoms with van der Waals surface area (Å²) in [5.41, 5.74) is 3.33. The van der Waals surface area contributed by atoms with Crippen LogP contribution in [-0.2, 0) is 9.53 Å². The number of esters is 1. The molecule has 2 aliphatic rings. The number of benzene rings is 1. The first-order chi connectivity index (χ1) is 13.5. The Hall–Kier alpha value is -2.34. The number of piperidine rings is 1. The van der Waals surface area contributed by atoms with E-state index in [4.69, 9.17) is 4.74 Å². The number of amides is 2. The summed E-state index contributed by atoms with van der Waals surface area (Å²) in [6, 6.07) is 7.29. The molecule has 2 heterocycles. The first-order valence-electron chi connectivity index (χ1n) is 10.3. The van der Waals surface area contributed by atoms with Gasteiger partial charge in [0.15, 0.2) is 0 Å². The Morgan fingerprint density at radius 2 is 1.96 bits per heavy atom. The minimum absolute atomic E-state index is 0.158. The fourth-order valence-electron chi connectivity index (χ4n) is 4.09. The molecule has 6 nitrogen and oxygen atoms in total. The number of carbonyl (C=O) groups is 2. The van der Waals surface area contributed by atoms with Crippen molar-refractivity contribution in [2.75, 3.05) is 32.8 Å². The number of nitrogens with one attached hydrogen (secondary N) is 1. The minimum Gasteiger partial charge on any atom is -0.463 e. The highest BCUT2D eigenvalue weighted by Crippen LogP contribution is 2.32. The molecule has 1 saturated heterocycles. The molecule has 1 aromatic carbocycles. The summed E-state index contributed by atoms with van der Waals surface area (Å²) in [4.78, 5) is 29.9. The molecule has 6 heteroatoms. The predicted molar refractivity (Wildman–Crippen MR) is 109 cm³/mol. The Morgan fingerprint density at radius 1 is 1.21 bits per heavy atom. The third kappa shape index (κ3) is 4.38. The van der Waals surface area contributed by atoms with Gasteiger partial charge in [-0.25, -0.2) is 9.59 Å². The largest absolute Gasteiger partial charge is 0.463 e. The molecule has 0 spiro atoms. The second-order valence-corrected chi connectivity index (χ2v) is 7.46. The zero-order chi connectivity index (χ0) is 20.1. The quantitative estimate of drug-likeness (QED) is 0.763. The number of nitrogens with zero attached hydrogens (tertiary/aromatic N) is 2. The van der Waals surface area contributed by atoms with E-state index < -0.39 is 6.04 Å². The van der Waals surface area contributed by atoms with Crippen LogP contribution < -0.4 is 5.32 Å². The van der Waals surface area contributed by atoms with E-state index in [1.54, 1.807) is 4.90 Å². The van der Waals surface area contributed by atoms with E-state index in [-0.39, 0.29) is 12.0 Å². The van der Waals surface area contributed by atoms with Gasteiger partial charge >= 0.3 is 12.0 Å². The predicted octanol–water partition coefficient (Wildman–Crippen LogP) is 3.38. The fourth-order valence-corrected chi connectivity index (χ4v) is 4.09. The molecular weight excluding hydrogens is 354 g/mol. The number of aryl methyl sites for hydroxylation is 1. The van der Waals surface area contributed by atoms with Crippen molar-refractivity contribution in [2.24, 2.45) is 0 Å². The highest BCUT2D eigenvalue weighted by Gasteiger charge is 2.38. The summed E-state index contributed by atoms with van der Waals surface area (Å²) in [6.07, 6.45) is 3.55. The summed E-state index contributed by atoms with van der Waals surface area (Å²) >= 11 is 0. The number of urea groups is 1. The van der Waals surface area contributed by atoms with Gasteiger partial charge in [0.1, 0.15) is 0 Å². The molecule has 3 rings (SSSR count). The Labute approximate surface area is 167 Å². The summed E-state index contributed by atoms with van der Waals surface area (Å²) in [5, 5.41) is 3.03. The van der Waals surface area contributed by atoms with E-state index in [2.05, 4.69) is 10.2 Å². The summed E-state index contributed by atoms with van der Waals surface area (Å²) < 4.78 is 5.42.